The predicted octanol–water partition coefficient (Wildman–Crippen LogP) is 7.10. The summed E-state index contributed by atoms with van der Waals surface area (Å²) in [5.41, 5.74) is 2.90. The van der Waals surface area contributed by atoms with Crippen LogP contribution in [0.3, 0.4) is 0 Å². The summed E-state index contributed by atoms with van der Waals surface area (Å²) in [7, 11) is 0. The van der Waals surface area contributed by atoms with Crippen molar-refractivity contribution in [3.63, 3.8) is 0 Å². The molecular weight excluding hydrogens is 383 g/mol. The minimum absolute atomic E-state index is 0.278. The maximum Gasteiger partial charge on any atom is 0.194 e. The standard InChI is InChI=1S/C24H17F5/c1-2-13-3-5-14(6-4-13)15-7-8-18-16(9-15)10-19(25)22(23(18)28)17-11-20(26)24(29)21(27)12-17/h3-6,9-12H,2,7-8H2,1H3. The molecule has 0 radical (unpaired) electrons. The van der Waals surface area contributed by atoms with Crippen molar-refractivity contribution >= 4 is 11.6 Å². The fraction of sp³-hybridized carbons (Fsp3) is 0.167. The van der Waals surface area contributed by atoms with E-state index in [9.17, 15) is 17.6 Å². The molecule has 4 rings (SSSR count). The van der Waals surface area contributed by atoms with Gasteiger partial charge in [0.25, 0.3) is 0 Å². The molecule has 148 valence electrons. The van der Waals surface area contributed by atoms with Gasteiger partial charge in [-0.1, -0.05) is 37.3 Å². The highest BCUT2D eigenvalue weighted by Gasteiger charge is 2.24. The Kier molecular flexibility index (Phi) is 4.99. The summed E-state index contributed by atoms with van der Waals surface area (Å²) in [6.07, 6.45) is 3.53. The summed E-state index contributed by atoms with van der Waals surface area (Å²) in [6, 6.07) is 10.4. The van der Waals surface area contributed by atoms with Gasteiger partial charge < -0.3 is 0 Å². The van der Waals surface area contributed by atoms with Crippen LogP contribution in [-0.2, 0) is 12.8 Å². The molecule has 29 heavy (non-hydrogen) atoms. The van der Waals surface area contributed by atoms with Crippen LogP contribution < -0.4 is 0 Å². The van der Waals surface area contributed by atoms with Gasteiger partial charge in [0.15, 0.2) is 17.5 Å². The van der Waals surface area contributed by atoms with E-state index in [0.29, 0.717) is 30.5 Å². The highest BCUT2D eigenvalue weighted by molar-refractivity contribution is 5.85. The van der Waals surface area contributed by atoms with Crippen LogP contribution in [0.5, 0.6) is 0 Å². The summed E-state index contributed by atoms with van der Waals surface area (Å²) < 4.78 is 70.1. The first-order valence-corrected chi connectivity index (χ1v) is 9.34. The molecule has 1 aliphatic carbocycles. The molecule has 0 aromatic heterocycles. The number of benzene rings is 3. The van der Waals surface area contributed by atoms with Crippen molar-refractivity contribution in [3.8, 4) is 11.1 Å². The van der Waals surface area contributed by atoms with Crippen LogP contribution in [0.15, 0.2) is 42.5 Å². The third-order valence-corrected chi connectivity index (χ3v) is 5.33. The lowest BCUT2D eigenvalue weighted by molar-refractivity contribution is 0.447. The molecule has 5 heteroatoms. The van der Waals surface area contributed by atoms with Gasteiger partial charge in [-0.2, -0.15) is 0 Å². The molecule has 0 nitrogen and oxygen atoms in total. The lowest BCUT2D eigenvalue weighted by Gasteiger charge is -2.20. The molecule has 3 aromatic rings. The Balaban J connectivity index is 1.79. The lowest BCUT2D eigenvalue weighted by atomic mass is 9.86. The van der Waals surface area contributed by atoms with E-state index in [-0.39, 0.29) is 11.1 Å². The quantitative estimate of drug-likeness (QED) is 0.325. The summed E-state index contributed by atoms with van der Waals surface area (Å²) in [5.74, 6) is -6.48. The third-order valence-electron chi connectivity index (χ3n) is 5.33. The van der Waals surface area contributed by atoms with Crippen molar-refractivity contribution in [2.24, 2.45) is 0 Å². The normalized spacial score (nSPS) is 13.2. The van der Waals surface area contributed by atoms with E-state index in [1.54, 1.807) is 6.08 Å². The number of fused-ring (bicyclic) bond motifs is 1. The molecule has 1 aliphatic rings. The SMILES string of the molecule is CCc1ccc(C2=Cc3cc(F)c(-c4cc(F)c(F)c(F)c4)c(F)c3CC2)cc1. The molecule has 0 atom stereocenters. The van der Waals surface area contributed by atoms with Gasteiger partial charge in [0, 0.05) is 0 Å². The van der Waals surface area contributed by atoms with Crippen molar-refractivity contribution in [1.82, 2.24) is 0 Å². The molecule has 0 amide bonds. The van der Waals surface area contributed by atoms with Crippen LogP contribution in [0.1, 0.15) is 35.6 Å². The van der Waals surface area contributed by atoms with E-state index in [4.69, 9.17) is 0 Å². The Labute approximate surface area is 165 Å². The maximum atomic E-state index is 15.1. The molecule has 0 saturated carbocycles. The second-order valence-corrected chi connectivity index (χ2v) is 7.09. The fourth-order valence-corrected chi connectivity index (χ4v) is 3.73. The van der Waals surface area contributed by atoms with Gasteiger partial charge in [-0.15, -0.1) is 0 Å². The summed E-state index contributed by atoms with van der Waals surface area (Å²) in [6.45, 7) is 2.06. The van der Waals surface area contributed by atoms with Crippen LogP contribution >= 0.6 is 0 Å². The average molecular weight is 400 g/mol. The summed E-state index contributed by atoms with van der Waals surface area (Å²) in [5, 5.41) is 0. The molecular formula is C24H17F5. The highest BCUT2D eigenvalue weighted by Crippen LogP contribution is 2.37. The molecule has 0 saturated heterocycles. The van der Waals surface area contributed by atoms with Crippen molar-refractivity contribution in [3.05, 3.63) is 93.8 Å². The van der Waals surface area contributed by atoms with E-state index in [1.807, 2.05) is 24.3 Å². The first kappa shape index (κ1) is 19.4. The third kappa shape index (κ3) is 3.46. The van der Waals surface area contributed by atoms with Gasteiger partial charge in [0.1, 0.15) is 11.6 Å². The van der Waals surface area contributed by atoms with Crippen LogP contribution in [-0.4, -0.2) is 0 Å². The van der Waals surface area contributed by atoms with Crippen LogP contribution in [0.4, 0.5) is 22.0 Å². The highest BCUT2D eigenvalue weighted by atomic mass is 19.2. The minimum Gasteiger partial charge on any atom is -0.206 e. The molecule has 0 aliphatic heterocycles. The Hall–Kier alpha value is -2.95. The van der Waals surface area contributed by atoms with Gasteiger partial charge in [0.2, 0.25) is 0 Å². The van der Waals surface area contributed by atoms with Crippen molar-refractivity contribution < 1.29 is 22.0 Å². The van der Waals surface area contributed by atoms with Gasteiger partial charge in [-0.05, 0) is 70.9 Å². The molecule has 0 N–H and O–H groups in total. The Bertz CT molecular complexity index is 1100. The van der Waals surface area contributed by atoms with Crippen LogP contribution in [0.25, 0.3) is 22.8 Å². The number of allylic oxidation sites excluding steroid dienone is 1. The number of rotatable bonds is 3. The van der Waals surface area contributed by atoms with Crippen molar-refractivity contribution in [2.45, 2.75) is 26.2 Å². The molecule has 0 fully saturated rings. The van der Waals surface area contributed by atoms with Gasteiger partial charge in [-0.3, -0.25) is 0 Å². The second kappa shape index (κ2) is 7.47. The first-order chi connectivity index (χ1) is 13.9. The van der Waals surface area contributed by atoms with E-state index in [2.05, 4.69) is 6.92 Å². The molecule has 0 spiro atoms. The summed E-state index contributed by atoms with van der Waals surface area (Å²) in [4.78, 5) is 0. The summed E-state index contributed by atoms with van der Waals surface area (Å²) >= 11 is 0. The fourth-order valence-electron chi connectivity index (χ4n) is 3.73. The number of hydrogen-bond donors (Lipinski definition) is 0. The Morgan fingerprint density at radius 2 is 1.38 bits per heavy atom. The monoisotopic (exact) mass is 400 g/mol. The van der Waals surface area contributed by atoms with Crippen molar-refractivity contribution in [1.29, 1.82) is 0 Å². The van der Waals surface area contributed by atoms with E-state index < -0.39 is 34.6 Å². The van der Waals surface area contributed by atoms with Crippen molar-refractivity contribution in [2.75, 3.05) is 0 Å². The Morgan fingerprint density at radius 3 is 2.00 bits per heavy atom. The molecule has 0 unspecified atom stereocenters. The number of aryl methyl sites for hydroxylation is 1. The Morgan fingerprint density at radius 1 is 0.724 bits per heavy atom. The molecule has 3 aromatic carbocycles. The van der Waals surface area contributed by atoms with E-state index >= 15 is 4.39 Å². The smallest absolute Gasteiger partial charge is 0.194 e. The predicted molar refractivity (Wildman–Crippen MR) is 104 cm³/mol. The zero-order valence-corrected chi connectivity index (χ0v) is 15.6. The second-order valence-electron chi connectivity index (χ2n) is 7.09. The van der Waals surface area contributed by atoms with Gasteiger partial charge in [-0.25, -0.2) is 22.0 Å². The van der Waals surface area contributed by atoms with Gasteiger partial charge in [0.05, 0.1) is 5.56 Å². The largest absolute Gasteiger partial charge is 0.206 e. The van der Waals surface area contributed by atoms with E-state index in [0.717, 1.165) is 23.6 Å². The zero-order chi connectivity index (χ0) is 20.7. The minimum atomic E-state index is -1.67. The van der Waals surface area contributed by atoms with Gasteiger partial charge >= 0.3 is 0 Å². The lowest BCUT2D eigenvalue weighted by Crippen LogP contribution is -2.06. The zero-order valence-electron chi connectivity index (χ0n) is 15.6. The first-order valence-electron chi connectivity index (χ1n) is 9.34. The maximum absolute atomic E-state index is 15.1. The topological polar surface area (TPSA) is 0 Å². The van der Waals surface area contributed by atoms with E-state index in [1.165, 1.54) is 5.56 Å². The van der Waals surface area contributed by atoms with Crippen LogP contribution in [0, 0.1) is 29.1 Å². The number of hydrogen-bond acceptors (Lipinski definition) is 0. The number of halogens is 5. The average Bonchev–Trinajstić information content (AvgIpc) is 2.71. The van der Waals surface area contributed by atoms with Crippen LogP contribution in [0.2, 0.25) is 0 Å². The molecule has 0 bridgehead atoms. The molecule has 0 heterocycles.